The van der Waals surface area contributed by atoms with Crippen LogP contribution in [0.5, 0.6) is 5.75 Å². The third kappa shape index (κ3) is 5.01. The number of hydrogen-bond acceptors (Lipinski definition) is 4. The summed E-state index contributed by atoms with van der Waals surface area (Å²) >= 11 is 1.97. The maximum atomic E-state index is 13.4. The molecule has 3 nitrogen and oxygen atoms in total. The van der Waals surface area contributed by atoms with Crippen LogP contribution in [0.25, 0.3) is 0 Å². The lowest BCUT2D eigenvalue weighted by atomic mass is 9.76. The molecule has 4 rings (SSSR count). The van der Waals surface area contributed by atoms with Crippen molar-refractivity contribution in [1.29, 1.82) is 0 Å². The van der Waals surface area contributed by atoms with Gasteiger partial charge in [-0.05, 0) is 73.5 Å². The molecule has 30 heavy (non-hydrogen) atoms. The van der Waals surface area contributed by atoms with Crippen molar-refractivity contribution >= 4 is 11.8 Å². The highest BCUT2D eigenvalue weighted by Crippen LogP contribution is 2.45. The van der Waals surface area contributed by atoms with Gasteiger partial charge in [0.05, 0.1) is 7.11 Å². The van der Waals surface area contributed by atoms with Crippen molar-refractivity contribution in [3.05, 3.63) is 65.5 Å². The van der Waals surface area contributed by atoms with E-state index in [0.717, 1.165) is 30.3 Å². The van der Waals surface area contributed by atoms with Crippen LogP contribution in [-0.2, 0) is 5.75 Å². The average molecular weight is 429 g/mol. The van der Waals surface area contributed by atoms with E-state index in [9.17, 15) is 4.39 Å². The van der Waals surface area contributed by atoms with Gasteiger partial charge < -0.3 is 15.0 Å². The van der Waals surface area contributed by atoms with Crippen molar-refractivity contribution in [3.63, 3.8) is 0 Å². The maximum Gasteiger partial charge on any atom is 0.123 e. The van der Waals surface area contributed by atoms with E-state index in [0.29, 0.717) is 23.9 Å². The van der Waals surface area contributed by atoms with Crippen molar-refractivity contribution in [1.82, 2.24) is 10.2 Å². The van der Waals surface area contributed by atoms with Gasteiger partial charge in [0, 0.05) is 36.7 Å². The van der Waals surface area contributed by atoms with E-state index in [4.69, 9.17) is 4.74 Å². The molecule has 2 aromatic rings. The van der Waals surface area contributed by atoms with Gasteiger partial charge in [0.1, 0.15) is 11.6 Å². The largest absolute Gasteiger partial charge is 0.497 e. The molecule has 162 valence electrons. The van der Waals surface area contributed by atoms with Gasteiger partial charge in [0.25, 0.3) is 0 Å². The van der Waals surface area contributed by atoms with E-state index in [2.05, 4.69) is 29.4 Å². The summed E-state index contributed by atoms with van der Waals surface area (Å²) in [5.41, 5.74) is 2.64. The molecule has 0 aliphatic carbocycles. The van der Waals surface area contributed by atoms with Crippen molar-refractivity contribution in [3.8, 4) is 5.75 Å². The summed E-state index contributed by atoms with van der Waals surface area (Å²) in [6.45, 7) is 2.06. The number of thioether (sulfide) groups is 1. The van der Waals surface area contributed by atoms with Crippen LogP contribution in [0.3, 0.4) is 0 Å². The quantitative estimate of drug-likeness (QED) is 0.573. The van der Waals surface area contributed by atoms with Crippen molar-refractivity contribution in [2.24, 2.45) is 5.92 Å². The first-order valence-electron chi connectivity index (χ1n) is 11.0. The van der Waals surface area contributed by atoms with Gasteiger partial charge >= 0.3 is 0 Å². The molecule has 2 aromatic carbocycles. The Morgan fingerprint density at radius 2 is 1.87 bits per heavy atom. The number of nitrogens with zero attached hydrogens (tertiary/aromatic N) is 1. The SMILES string of the molecule is COc1ccc(CSCCNC[C@H]2[C@@H](c3ccc(F)cc3)C[C@@H]3CC[C@H]2N3C)cc1. The highest BCUT2D eigenvalue weighted by molar-refractivity contribution is 7.98. The number of ether oxygens (including phenoxy) is 1. The van der Waals surface area contributed by atoms with Gasteiger partial charge in [0.2, 0.25) is 0 Å². The molecule has 4 atom stereocenters. The summed E-state index contributed by atoms with van der Waals surface area (Å²) < 4.78 is 18.7. The molecule has 0 aromatic heterocycles. The summed E-state index contributed by atoms with van der Waals surface area (Å²) in [6.07, 6.45) is 3.78. The molecular formula is C25H33FN2OS. The summed E-state index contributed by atoms with van der Waals surface area (Å²) in [5, 5.41) is 3.73. The van der Waals surface area contributed by atoms with E-state index in [1.165, 1.54) is 30.4 Å². The third-order valence-corrected chi connectivity index (χ3v) is 7.99. The minimum atomic E-state index is -0.141. The summed E-state index contributed by atoms with van der Waals surface area (Å²) in [4.78, 5) is 2.60. The van der Waals surface area contributed by atoms with Crippen LogP contribution in [-0.4, -0.2) is 50.0 Å². The maximum absolute atomic E-state index is 13.4. The van der Waals surface area contributed by atoms with Gasteiger partial charge in [-0.3, -0.25) is 0 Å². The Morgan fingerprint density at radius 1 is 1.10 bits per heavy atom. The van der Waals surface area contributed by atoms with E-state index >= 15 is 0 Å². The average Bonchev–Trinajstić information content (AvgIpc) is 3.01. The number of fused-ring (bicyclic) bond motifs is 2. The molecular weight excluding hydrogens is 395 g/mol. The first-order valence-corrected chi connectivity index (χ1v) is 12.2. The lowest BCUT2D eigenvalue weighted by Gasteiger charge is -2.43. The fraction of sp³-hybridized carbons (Fsp3) is 0.520. The molecule has 2 aliphatic rings. The Morgan fingerprint density at radius 3 is 2.60 bits per heavy atom. The molecule has 5 heteroatoms. The second-order valence-corrected chi connectivity index (χ2v) is 9.73. The molecule has 0 saturated carbocycles. The monoisotopic (exact) mass is 428 g/mol. The summed E-state index contributed by atoms with van der Waals surface area (Å²) in [6, 6.07) is 16.9. The number of hydrogen-bond donors (Lipinski definition) is 1. The smallest absolute Gasteiger partial charge is 0.123 e. The molecule has 2 aliphatic heterocycles. The van der Waals surface area contributed by atoms with E-state index in [1.54, 1.807) is 19.2 Å². The Labute approximate surface area is 184 Å². The van der Waals surface area contributed by atoms with Crippen molar-refractivity contribution in [2.45, 2.75) is 43.0 Å². The van der Waals surface area contributed by atoms with Crippen LogP contribution in [0, 0.1) is 11.7 Å². The highest BCUT2D eigenvalue weighted by Gasteiger charge is 2.45. The molecule has 2 heterocycles. The summed E-state index contributed by atoms with van der Waals surface area (Å²) in [7, 11) is 3.99. The Hall–Kier alpha value is -1.56. The van der Waals surface area contributed by atoms with Crippen molar-refractivity contribution in [2.75, 3.05) is 33.0 Å². The van der Waals surface area contributed by atoms with Crippen LogP contribution in [0.1, 0.15) is 36.3 Å². The van der Waals surface area contributed by atoms with Crippen molar-refractivity contribution < 1.29 is 9.13 Å². The summed E-state index contributed by atoms with van der Waals surface area (Å²) in [5.74, 6) is 4.01. The van der Waals surface area contributed by atoms with E-state index in [-0.39, 0.29) is 5.82 Å². The number of methoxy groups -OCH3 is 1. The molecule has 1 N–H and O–H groups in total. The Bertz CT molecular complexity index is 798. The minimum absolute atomic E-state index is 0.141. The number of benzene rings is 2. The van der Waals surface area contributed by atoms with E-state index < -0.39 is 0 Å². The zero-order valence-electron chi connectivity index (χ0n) is 18.0. The normalized spacial score (nSPS) is 26.1. The zero-order valence-corrected chi connectivity index (χ0v) is 18.8. The number of nitrogens with one attached hydrogen (secondary N) is 1. The second kappa shape index (κ2) is 10.2. The molecule has 0 spiro atoms. The molecule has 2 saturated heterocycles. The fourth-order valence-electron chi connectivity index (χ4n) is 5.27. The lowest BCUT2D eigenvalue weighted by molar-refractivity contribution is 0.0993. The zero-order chi connectivity index (χ0) is 20.9. The van der Waals surface area contributed by atoms with Crippen LogP contribution in [0.2, 0.25) is 0 Å². The molecule has 0 radical (unpaired) electrons. The molecule has 0 unspecified atom stereocenters. The molecule has 2 fully saturated rings. The van der Waals surface area contributed by atoms with Gasteiger partial charge in [-0.25, -0.2) is 4.39 Å². The topological polar surface area (TPSA) is 24.5 Å². The van der Waals surface area contributed by atoms with Gasteiger partial charge in [-0.2, -0.15) is 11.8 Å². The molecule has 2 bridgehead atoms. The Kier molecular flexibility index (Phi) is 7.34. The van der Waals surface area contributed by atoms with Crippen LogP contribution in [0.15, 0.2) is 48.5 Å². The molecule has 0 amide bonds. The van der Waals surface area contributed by atoms with Gasteiger partial charge in [-0.1, -0.05) is 24.3 Å². The number of piperidine rings is 1. The number of halogens is 1. The fourth-order valence-corrected chi connectivity index (χ4v) is 6.14. The Balaban J connectivity index is 1.27. The van der Waals surface area contributed by atoms with E-state index in [1.807, 2.05) is 36.0 Å². The predicted molar refractivity (Wildman–Crippen MR) is 124 cm³/mol. The lowest BCUT2D eigenvalue weighted by Crippen LogP contribution is -2.49. The van der Waals surface area contributed by atoms with Gasteiger partial charge in [0.15, 0.2) is 0 Å². The second-order valence-electron chi connectivity index (χ2n) is 8.63. The van der Waals surface area contributed by atoms with Gasteiger partial charge in [-0.15, -0.1) is 0 Å². The van der Waals surface area contributed by atoms with Crippen LogP contribution < -0.4 is 10.1 Å². The highest BCUT2D eigenvalue weighted by atomic mass is 32.2. The van der Waals surface area contributed by atoms with Crippen LogP contribution in [0.4, 0.5) is 4.39 Å². The predicted octanol–water partition coefficient (Wildman–Crippen LogP) is 4.92. The first-order chi connectivity index (χ1) is 14.7. The minimum Gasteiger partial charge on any atom is -0.497 e. The van der Waals surface area contributed by atoms with Crippen LogP contribution >= 0.6 is 11.8 Å². The first kappa shape index (κ1) is 21.7. The standard InChI is InChI=1S/C25H33FN2OS/c1-28-21-9-12-25(28)24(23(15-21)19-5-7-20(26)8-6-19)16-27-13-14-30-17-18-3-10-22(29-2)11-4-18/h3-8,10-11,21,23-25,27H,9,12-17H2,1-2H3/t21-,23+,24-,25+/m0/s1. The number of rotatable bonds is 9. The third-order valence-electron chi connectivity index (χ3n) is 6.96.